The second kappa shape index (κ2) is 5.58. The van der Waals surface area contributed by atoms with Crippen LogP contribution < -0.4 is 5.32 Å². The second-order valence-electron chi connectivity index (χ2n) is 8.07. The first-order valence-electron chi connectivity index (χ1n) is 8.65. The maximum absolute atomic E-state index is 6.55. The third kappa shape index (κ3) is 3.20. The van der Waals surface area contributed by atoms with E-state index in [9.17, 15) is 0 Å². The molecule has 0 bridgehead atoms. The molecule has 2 heterocycles. The van der Waals surface area contributed by atoms with Gasteiger partial charge in [0.15, 0.2) is 0 Å². The van der Waals surface area contributed by atoms with Gasteiger partial charge < -0.3 is 10.1 Å². The highest BCUT2D eigenvalue weighted by atomic mass is 16.5. The van der Waals surface area contributed by atoms with Gasteiger partial charge in [0, 0.05) is 31.2 Å². The summed E-state index contributed by atoms with van der Waals surface area (Å²) < 4.78 is 6.55. The van der Waals surface area contributed by atoms with Gasteiger partial charge in [0.05, 0.1) is 11.7 Å². The Morgan fingerprint density at radius 2 is 1.90 bits per heavy atom. The molecule has 3 fully saturated rings. The van der Waals surface area contributed by atoms with Gasteiger partial charge in [-0.2, -0.15) is 0 Å². The van der Waals surface area contributed by atoms with Crippen LogP contribution in [0.2, 0.25) is 0 Å². The monoisotopic (exact) mass is 280 g/mol. The minimum atomic E-state index is 0.244. The zero-order valence-electron chi connectivity index (χ0n) is 13.6. The van der Waals surface area contributed by atoms with Crippen LogP contribution in [-0.4, -0.2) is 47.8 Å². The lowest BCUT2D eigenvalue weighted by Crippen LogP contribution is -2.61. The van der Waals surface area contributed by atoms with Crippen LogP contribution in [0.1, 0.15) is 65.7 Å². The molecular weight excluding hydrogens is 248 g/mol. The third-order valence-corrected chi connectivity index (χ3v) is 5.64. The minimum absolute atomic E-state index is 0.244. The zero-order valence-corrected chi connectivity index (χ0v) is 13.6. The van der Waals surface area contributed by atoms with Crippen molar-refractivity contribution in [1.82, 2.24) is 10.2 Å². The number of rotatable bonds is 2. The van der Waals surface area contributed by atoms with E-state index in [4.69, 9.17) is 4.74 Å². The number of hydrogen-bond acceptors (Lipinski definition) is 3. The van der Waals surface area contributed by atoms with Gasteiger partial charge in [0.25, 0.3) is 0 Å². The first kappa shape index (κ1) is 14.8. The lowest BCUT2D eigenvalue weighted by molar-refractivity contribution is -0.0782. The molecule has 0 aromatic rings. The SMILES string of the molecule is CC1CNC(C)(C)CN1CC1CCC2(CCCCC2)O1. The topological polar surface area (TPSA) is 24.5 Å². The zero-order chi connectivity index (χ0) is 14.2. The van der Waals surface area contributed by atoms with Crippen molar-refractivity contribution < 1.29 is 4.74 Å². The van der Waals surface area contributed by atoms with E-state index in [1.165, 1.54) is 44.9 Å². The van der Waals surface area contributed by atoms with Gasteiger partial charge in [-0.05, 0) is 46.5 Å². The highest BCUT2D eigenvalue weighted by Crippen LogP contribution is 2.42. The van der Waals surface area contributed by atoms with Crippen LogP contribution in [0.15, 0.2) is 0 Å². The van der Waals surface area contributed by atoms with Gasteiger partial charge in [-0.25, -0.2) is 0 Å². The maximum Gasteiger partial charge on any atom is 0.0710 e. The molecule has 0 aromatic carbocycles. The van der Waals surface area contributed by atoms with Crippen LogP contribution in [-0.2, 0) is 4.74 Å². The molecule has 2 aliphatic heterocycles. The Hall–Kier alpha value is -0.120. The molecule has 0 radical (unpaired) electrons. The average molecular weight is 280 g/mol. The Labute approximate surface area is 124 Å². The molecule has 116 valence electrons. The Morgan fingerprint density at radius 3 is 2.65 bits per heavy atom. The van der Waals surface area contributed by atoms with Crippen LogP contribution in [0.3, 0.4) is 0 Å². The summed E-state index contributed by atoms with van der Waals surface area (Å²) in [5.74, 6) is 0. The van der Waals surface area contributed by atoms with E-state index in [0.717, 1.165) is 19.6 Å². The molecule has 0 aromatic heterocycles. The Morgan fingerprint density at radius 1 is 1.15 bits per heavy atom. The molecule has 3 rings (SSSR count). The van der Waals surface area contributed by atoms with Crippen molar-refractivity contribution in [3.63, 3.8) is 0 Å². The smallest absolute Gasteiger partial charge is 0.0710 e. The average Bonchev–Trinajstić information content (AvgIpc) is 2.77. The number of ether oxygens (including phenoxy) is 1. The quantitative estimate of drug-likeness (QED) is 0.841. The van der Waals surface area contributed by atoms with Crippen molar-refractivity contribution in [3.05, 3.63) is 0 Å². The predicted octanol–water partition coefficient (Wildman–Crippen LogP) is 2.94. The van der Waals surface area contributed by atoms with Gasteiger partial charge in [0.2, 0.25) is 0 Å². The predicted molar refractivity (Wildman–Crippen MR) is 83.0 cm³/mol. The van der Waals surface area contributed by atoms with Gasteiger partial charge in [-0.15, -0.1) is 0 Å². The summed E-state index contributed by atoms with van der Waals surface area (Å²) >= 11 is 0. The van der Waals surface area contributed by atoms with Crippen molar-refractivity contribution in [3.8, 4) is 0 Å². The Balaban J connectivity index is 1.55. The summed E-state index contributed by atoms with van der Waals surface area (Å²) in [4.78, 5) is 2.64. The van der Waals surface area contributed by atoms with E-state index in [0.29, 0.717) is 12.1 Å². The minimum Gasteiger partial charge on any atom is -0.370 e. The normalized spacial score (nSPS) is 37.4. The first-order chi connectivity index (χ1) is 9.48. The van der Waals surface area contributed by atoms with Crippen molar-refractivity contribution in [2.75, 3.05) is 19.6 Å². The fourth-order valence-corrected chi connectivity index (χ4v) is 4.37. The number of nitrogens with zero attached hydrogens (tertiary/aromatic N) is 1. The summed E-state index contributed by atoms with van der Waals surface area (Å²) in [6, 6.07) is 0.634. The largest absolute Gasteiger partial charge is 0.370 e. The van der Waals surface area contributed by atoms with Crippen molar-refractivity contribution in [2.45, 2.75) is 89.0 Å². The highest BCUT2D eigenvalue weighted by Gasteiger charge is 2.42. The number of nitrogens with one attached hydrogen (secondary N) is 1. The lowest BCUT2D eigenvalue weighted by Gasteiger charge is -2.44. The van der Waals surface area contributed by atoms with Crippen molar-refractivity contribution >= 4 is 0 Å². The molecule has 3 aliphatic rings. The van der Waals surface area contributed by atoms with Crippen LogP contribution >= 0.6 is 0 Å². The molecule has 1 saturated carbocycles. The first-order valence-corrected chi connectivity index (χ1v) is 8.65. The molecule has 2 atom stereocenters. The van der Waals surface area contributed by atoms with E-state index in [2.05, 4.69) is 31.0 Å². The van der Waals surface area contributed by atoms with Crippen LogP contribution in [0.25, 0.3) is 0 Å². The fraction of sp³-hybridized carbons (Fsp3) is 1.00. The highest BCUT2D eigenvalue weighted by molar-refractivity contribution is 4.95. The lowest BCUT2D eigenvalue weighted by atomic mass is 9.83. The maximum atomic E-state index is 6.55. The van der Waals surface area contributed by atoms with Crippen LogP contribution in [0.4, 0.5) is 0 Å². The van der Waals surface area contributed by atoms with E-state index < -0.39 is 0 Å². The molecule has 2 unspecified atom stereocenters. The summed E-state index contributed by atoms with van der Waals surface area (Å²) in [5.41, 5.74) is 0.517. The molecule has 0 amide bonds. The van der Waals surface area contributed by atoms with Gasteiger partial charge in [-0.3, -0.25) is 4.90 Å². The van der Waals surface area contributed by atoms with Crippen LogP contribution in [0, 0.1) is 0 Å². The van der Waals surface area contributed by atoms with E-state index >= 15 is 0 Å². The van der Waals surface area contributed by atoms with Crippen LogP contribution in [0.5, 0.6) is 0 Å². The molecular formula is C17H32N2O. The van der Waals surface area contributed by atoms with E-state index in [1.807, 2.05) is 0 Å². The number of hydrogen-bond donors (Lipinski definition) is 1. The van der Waals surface area contributed by atoms with Crippen molar-refractivity contribution in [1.29, 1.82) is 0 Å². The molecule has 1 spiro atoms. The van der Waals surface area contributed by atoms with E-state index in [1.54, 1.807) is 0 Å². The molecule has 2 saturated heterocycles. The molecule has 1 aliphatic carbocycles. The van der Waals surface area contributed by atoms with Gasteiger partial charge in [0.1, 0.15) is 0 Å². The second-order valence-corrected chi connectivity index (χ2v) is 8.07. The fourth-order valence-electron chi connectivity index (χ4n) is 4.37. The standard InChI is InChI=1S/C17H32N2O/c1-14-11-18-16(2,3)13-19(14)12-15-7-10-17(20-15)8-5-4-6-9-17/h14-15,18H,4-13H2,1-3H3. The number of piperazine rings is 1. The Kier molecular flexibility index (Phi) is 4.13. The van der Waals surface area contributed by atoms with Gasteiger partial charge >= 0.3 is 0 Å². The molecule has 1 N–H and O–H groups in total. The summed E-state index contributed by atoms with van der Waals surface area (Å²) in [5, 5.41) is 3.64. The summed E-state index contributed by atoms with van der Waals surface area (Å²) in [6.45, 7) is 10.3. The summed E-state index contributed by atoms with van der Waals surface area (Å²) in [7, 11) is 0. The molecule has 3 heteroatoms. The third-order valence-electron chi connectivity index (χ3n) is 5.64. The molecule has 3 nitrogen and oxygen atoms in total. The van der Waals surface area contributed by atoms with Crippen molar-refractivity contribution in [2.24, 2.45) is 0 Å². The molecule has 20 heavy (non-hydrogen) atoms. The Bertz CT molecular complexity index is 336. The van der Waals surface area contributed by atoms with E-state index in [-0.39, 0.29) is 11.1 Å². The summed E-state index contributed by atoms with van der Waals surface area (Å²) in [6.07, 6.45) is 9.85. The van der Waals surface area contributed by atoms with Gasteiger partial charge in [-0.1, -0.05) is 19.3 Å².